The molecule has 0 radical (unpaired) electrons. The molecule has 0 heterocycles. The molecule has 0 aliphatic carbocycles. The van der Waals surface area contributed by atoms with Crippen molar-refractivity contribution in [2.24, 2.45) is 5.92 Å². The summed E-state index contributed by atoms with van der Waals surface area (Å²) in [4.78, 5) is 10.6. The molecule has 0 spiro atoms. The Balaban J connectivity index is 2.50. The summed E-state index contributed by atoms with van der Waals surface area (Å²) in [6.45, 7) is 5.00. The average Bonchev–Trinajstić information content (AvgIpc) is 2.26. The standard InChI is InChI=1S/C14H20O3/c1-3-5-11(2)10-17-13-7-4-6-12(8-13)9-14(15)16/h4,6-8,11H,3,5,9-10H2,1-2H3,(H,15,16). The first kappa shape index (κ1) is 13.6. The fourth-order valence-electron chi connectivity index (χ4n) is 1.73. The second-order valence-corrected chi connectivity index (χ2v) is 4.42. The van der Waals surface area contributed by atoms with Crippen LogP contribution in [0.15, 0.2) is 24.3 Å². The number of carboxylic acid groups (broad SMARTS) is 1. The predicted molar refractivity (Wildman–Crippen MR) is 67.3 cm³/mol. The fourth-order valence-corrected chi connectivity index (χ4v) is 1.73. The summed E-state index contributed by atoms with van der Waals surface area (Å²) < 4.78 is 5.65. The minimum Gasteiger partial charge on any atom is -0.493 e. The third-order valence-corrected chi connectivity index (χ3v) is 2.57. The van der Waals surface area contributed by atoms with Gasteiger partial charge in [-0.15, -0.1) is 0 Å². The molecule has 0 fully saturated rings. The number of aliphatic carboxylic acids is 1. The molecule has 0 saturated carbocycles. The normalized spacial score (nSPS) is 12.1. The van der Waals surface area contributed by atoms with E-state index in [0.29, 0.717) is 12.5 Å². The molecule has 0 aromatic heterocycles. The Morgan fingerprint density at radius 2 is 2.24 bits per heavy atom. The number of carbonyl (C=O) groups is 1. The smallest absolute Gasteiger partial charge is 0.307 e. The molecule has 3 nitrogen and oxygen atoms in total. The van der Waals surface area contributed by atoms with Crippen LogP contribution in [0.2, 0.25) is 0 Å². The Hall–Kier alpha value is -1.51. The number of benzene rings is 1. The van der Waals surface area contributed by atoms with Crippen molar-refractivity contribution in [3.8, 4) is 5.75 Å². The minimum atomic E-state index is -0.818. The first-order valence-electron chi connectivity index (χ1n) is 6.05. The van der Waals surface area contributed by atoms with E-state index < -0.39 is 5.97 Å². The van der Waals surface area contributed by atoms with E-state index in [2.05, 4.69) is 13.8 Å². The highest BCUT2D eigenvalue weighted by Crippen LogP contribution is 2.16. The zero-order valence-corrected chi connectivity index (χ0v) is 10.5. The molecule has 0 saturated heterocycles. The molecule has 0 aliphatic heterocycles. The summed E-state index contributed by atoms with van der Waals surface area (Å²) in [6.07, 6.45) is 2.35. The van der Waals surface area contributed by atoms with E-state index in [4.69, 9.17) is 9.84 Å². The molecular formula is C14H20O3. The van der Waals surface area contributed by atoms with Crippen molar-refractivity contribution in [1.82, 2.24) is 0 Å². The first-order chi connectivity index (χ1) is 8.11. The van der Waals surface area contributed by atoms with Crippen molar-refractivity contribution in [1.29, 1.82) is 0 Å². The van der Waals surface area contributed by atoms with E-state index in [0.717, 1.165) is 24.2 Å². The van der Waals surface area contributed by atoms with Gasteiger partial charge in [0, 0.05) is 0 Å². The number of rotatable bonds is 7. The second kappa shape index (κ2) is 6.94. The Morgan fingerprint density at radius 1 is 1.47 bits per heavy atom. The van der Waals surface area contributed by atoms with Crippen molar-refractivity contribution >= 4 is 5.97 Å². The van der Waals surface area contributed by atoms with Crippen LogP contribution in [-0.2, 0) is 11.2 Å². The molecule has 1 N–H and O–H groups in total. The molecule has 94 valence electrons. The molecule has 0 aliphatic rings. The van der Waals surface area contributed by atoms with Gasteiger partial charge in [0.1, 0.15) is 5.75 Å². The first-order valence-corrected chi connectivity index (χ1v) is 6.05. The van der Waals surface area contributed by atoms with Gasteiger partial charge in [-0.1, -0.05) is 32.4 Å². The Morgan fingerprint density at radius 3 is 2.88 bits per heavy atom. The van der Waals surface area contributed by atoms with Gasteiger partial charge in [-0.3, -0.25) is 4.79 Å². The maximum Gasteiger partial charge on any atom is 0.307 e. The van der Waals surface area contributed by atoms with Crippen molar-refractivity contribution in [3.05, 3.63) is 29.8 Å². The number of hydrogen-bond acceptors (Lipinski definition) is 2. The lowest BCUT2D eigenvalue weighted by Gasteiger charge is -2.12. The van der Waals surface area contributed by atoms with Crippen LogP contribution in [0.1, 0.15) is 32.3 Å². The van der Waals surface area contributed by atoms with Gasteiger partial charge in [-0.05, 0) is 30.0 Å². The van der Waals surface area contributed by atoms with Crippen LogP contribution in [-0.4, -0.2) is 17.7 Å². The van der Waals surface area contributed by atoms with E-state index in [1.165, 1.54) is 0 Å². The molecular weight excluding hydrogens is 216 g/mol. The summed E-state index contributed by atoms with van der Waals surface area (Å²) >= 11 is 0. The van der Waals surface area contributed by atoms with Gasteiger partial charge in [0.25, 0.3) is 0 Å². The average molecular weight is 236 g/mol. The summed E-state index contributed by atoms with van der Waals surface area (Å²) in [5, 5.41) is 8.71. The second-order valence-electron chi connectivity index (χ2n) is 4.42. The Labute approximate surface area is 102 Å². The largest absolute Gasteiger partial charge is 0.493 e. The minimum absolute atomic E-state index is 0.0434. The van der Waals surface area contributed by atoms with Gasteiger partial charge in [-0.2, -0.15) is 0 Å². The maximum absolute atomic E-state index is 10.6. The van der Waals surface area contributed by atoms with Crippen LogP contribution >= 0.6 is 0 Å². The van der Waals surface area contributed by atoms with Crippen molar-refractivity contribution < 1.29 is 14.6 Å². The molecule has 1 atom stereocenters. The van der Waals surface area contributed by atoms with Gasteiger partial charge in [0.15, 0.2) is 0 Å². The summed E-state index contributed by atoms with van der Waals surface area (Å²) in [5.74, 6) is 0.469. The summed E-state index contributed by atoms with van der Waals surface area (Å²) in [5.41, 5.74) is 0.776. The van der Waals surface area contributed by atoms with E-state index in [-0.39, 0.29) is 6.42 Å². The maximum atomic E-state index is 10.6. The van der Waals surface area contributed by atoms with Crippen LogP contribution in [0.5, 0.6) is 5.75 Å². The lowest BCUT2D eigenvalue weighted by molar-refractivity contribution is -0.136. The third-order valence-electron chi connectivity index (χ3n) is 2.57. The molecule has 0 bridgehead atoms. The van der Waals surface area contributed by atoms with Crippen LogP contribution in [0, 0.1) is 5.92 Å². The van der Waals surface area contributed by atoms with Crippen molar-refractivity contribution in [3.63, 3.8) is 0 Å². The van der Waals surface area contributed by atoms with Crippen LogP contribution in [0.25, 0.3) is 0 Å². The number of carboxylic acids is 1. The van der Waals surface area contributed by atoms with Gasteiger partial charge in [0.05, 0.1) is 13.0 Å². The molecule has 1 rings (SSSR count). The van der Waals surface area contributed by atoms with Gasteiger partial charge in [0.2, 0.25) is 0 Å². The quantitative estimate of drug-likeness (QED) is 0.791. The molecule has 3 heteroatoms. The SMILES string of the molecule is CCCC(C)COc1cccc(CC(=O)O)c1. The van der Waals surface area contributed by atoms with Gasteiger partial charge >= 0.3 is 5.97 Å². The zero-order chi connectivity index (χ0) is 12.7. The third kappa shape index (κ3) is 5.38. The lowest BCUT2D eigenvalue weighted by Crippen LogP contribution is -2.08. The molecule has 1 aromatic carbocycles. The highest BCUT2D eigenvalue weighted by molar-refractivity contribution is 5.70. The van der Waals surface area contributed by atoms with Crippen molar-refractivity contribution in [2.45, 2.75) is 33.1 Å². The van der Waals surface area contributed by atoms with E-state index in [1.54, 1.807) is 12.1 Å². The van der Waals surface area contributed by atoms with Gasteiger partial charge < -0.3 is 9.84 Å². The van der Waals surface area contributed by atoms with Gasteiger partial charge in [-0.25, -0.2) is 0 Å². The van der Waals surface area contributed by atoms with Crippen LogP contribution in [0.3, 0.4) is 0 Å². The van der Waals surface area contributed by atoms with Crippen molar-refractivity contribution in [2.75, 3.05) is 6.61 Å². The summed E-state index contributed by atoms with van der Waals surface area (Å²) in [7, 11) is 0. The highest BCUT2D eigenvalue weighted by atomic mass is 16.5. The highest BCUT2D eigenvalue weighted by Gasteiger charge is 2.04. The van der Waals surface area contributed by atoms with E-state index in [1.807, 2.05) is 12.1 Å². The van der Waals surface area contributed by atoms with E-state index in [9.17, 15) is 4.79 Å². The predicted octanol–water partition coefficient (Wildman–Crippen LogP) is 3.13. The molecule has 0 amide bonds. The number of hydrogen-bond donors (Lipinski definition) is 1. The molecule has 17 heavy (non-hydrogen) atoms. The van der Waals surface area contributed by atoms with Crippen LogP contribution < -0.4 is 4.74 Å². The molecule has 1 aromatic rings. The zero-order valence-electron chi connectivity index (χ0n) is 10.5. The number of ether oxygens (including phenoxy) is 1. The monoisotopic (exact) mass is 236 g/mol. The lowest BCUT2D eigenvalue weighted by atomic mass is 10.1. The Kier molecular flexibility index (Phi) is 5.53. The summed E-state index contributed by atoms with van der Waals surface area (Å²) in [6, 6.07) is 7.30. The molecule has 1 unspecified atom stereocenters. The Bertz CT molecular complexity index is 360. The topological polar surface area (TPSA) is 46.5 Å². The van der Waals surface area contributed by atoms with Crippen LogP contribution in [0.4, 0.5) is 0 Å². The fraction of sp³-hybridized carbons (Fsp3) is 0.500. The van der Waals surface area contributed by atoms with E-state index >= 15 is 0 Å².